The minimum Gasteiger partial charge on any atom is -0.312 e. The maximum atomic E-state index is 6.04. The minimum atomic E-state index is 0.621. The van der Waals surface area contributed by atoms with Crippen LogP contribution < -0.4 is 5.32 Å². The second-order valence-corrected chi connectivity index (χ2v) is 4.52. The van der Waals surface area contributed by atoms with Crippen LogP contribution in [0.25, 0.3) is 0 Å². The summed E-state index contributed by atoms with van der Waals surface area (Å²) in [5.74, 6) is 0.646. The van der Waals surface area contributed by atoms with Gasteiger partial charge in [-0.3, -0.25) is 0 Å². The van der Waals surface area contributed by atoms with E-state index in [0.717, 1.165) is 18.7 Å². The molecule has 0 amide bonds. The average Bonchev–Trinajstić information content (AvgIpc) is 2.12. The van der Waals surface area contributed by atoms with Gasteiger partial charge in [0.2, 0.25) is 0 Å². The molecule has 1 aromatic rings. The maximum absolute atomic E-state index is 6.04. The lowest BCUT2D eigenvalue weighted by Gasteiger charge is -2.09. The molecule has 0 spiro atoms. The maximum Gasteiger partial charge on any atom is 0.0637 e. The number of benzene rings is 1. The monoisotopic (exact) mass is 231 g/mol. The molecular weight excluding hydrogens is 217 g/mol. The van der Waals surface area contributed by atoms with Crippen LogP contribution in [0.5, 0.6) is 0 Å². The summed E-state index contributed by atoms with van der Waals surface area (Å²) in [5, 5.41) is 4.60. The Labute approximate surface area is 95.4 Å². The van der Waals surface area contributed by atoms with Gasteiger partial charge in [0.25, 0.3) is 0 Å². The molecule has 0 bridgehead atoms. The molecule has 78 valence electrons. The van der Waals surface area contributed by atoms with E-state index in [9.17, 15) is 0 Å². The number of nitrogens with one attached hydrogen (secondary N) is 1. The number of rotatable bonds is 4. The van der Waals surface area contributed by atoms with Gasteiger partial charge < -0.3 is 5.32 Å². The molecule has 0 aliphatic carbocycles. The largest absolute Gasteiger partial charge is 0.312 e. The van der Waals surface area contributed by atoms with Gasteiger partial charge in [-0.1, -0.05) is 49.2 Å². The third-order valence-corrected chi connectivity index (χ3v) is 2.76. The first-order chi connectivity index (χ1) is 6.61. The van der Waals surface area contributed by atoms with Crippen molar-refractivity contribution in [1.82, 2.24) is 5.32 Å². The zero-order valence-electron chi connectivity index (χ0n) is 8.48. The molecule has 1 rings (SSSR count). The lowest BCUT2D eigenvalue weighted by molar-refractivity contribution is 0.552. The highest BCUT2D eigenvalue weighted by Gasteiger charge is 2.03. The second kappa shape index (κ2) is 5.59. The van der Waals surface area contributed by atoms with Crippen LogP contribution in [0, 0.1) is 5.92 Å². The highest BCUT2D eigenvalue weighted by Crippen LogP contribution is 2.25. The summed E-state index contributed by atoms with van der Waals surface area (Å²) in [6.45, 7) is 6.11. The molecule has 1 nitrogen and oxygen atoms in total. The summed E-state index contributed by atoms with van der Waals surface area (Å²) < 4.78 is 0. The SMILES string of the molecule is CC(C)CNCc1cccc(Cl)c1Cl. The van der Waals surface area contributed by atoms with Crippen molar-refractivity contribution in [3.8, 4) is 0 Å². The van der Waals surface area contributed by atoms with Gasteiger partial charge in [0.05, 0.1) is 10.0 Å². The summed E-state index contributed by atoms with van der Waals surface area (Å²) in [7, 11) is 0. The third kappa shape index (κ3) is 3.49. The fourth-order valence-corrected chi connectivity index (χ4v) is 1.57. The van der Waals surface area contributed by atoms with E-state index in [0.29, 0.717) is 16.0 Å². The Balaban J connectivity index is 2.54. The summed E-state index contributed by atoms with van der Waals surface area (Å²) in [6.07, 6.45) is 0. The zero-order valence-corrected chi connectivity index (χ0v) is 9.99. The number of hydrogen-bond acceptors (Lipinski definition) is 1. The van der Waals surface area contributed by atoms with Gasteiger partial charge in [-0.15, -0.1) is 0 Å². The average molecular weight is 232 g/mol. The summed E-state index contributed by atoms with van der Waals surface area (Å²) in [6, 6.07) is 5.71. The molecule has 1 N–H and O–H groups in total. The summed E-state index contributed by atoms with van der Waals surface area (Å²) >= 11 is 11.9. The van der Waals surface area contributed by atoms with Crippen molar-refractivity contribution in [2.45, 2.75) is 20.4 Å². The molecule has 0 atom stereocenters. The topological polar surface area (TPSA) is 12.0 Å². The number of halogens is 2. The lowest BCUT2D eigenvalue weighted by Crippen LogP contribution is -2.19. The Morgan fingerprint density at radius 3 is 2.64 bits per heavy atom. The predicted octanol–water partition coefficient (Wildman–Crippen LogP) is 3.74. The first kappa shape index (κ1) is 11.8. The second-order valence-electron chi connectivity index (χ2n) is 3.74. The molecule has 0 fully saturated rings. The highest BCUT2D eigenvalue weighted by molar-refractivity contribution is 6.42. The molecular formula is C11H15Cl2N. The fourth-order valence-electron chi connectivity index (χ4n) is 1.18. The Hall–Kier alpha value is -0.240. The minimum absolute atomic E-state index is 0.621. The van der Waals surface area contributed by atoms with E-state index in [1.165, 1.54) is 0 Å². The van der Waals surface area contributed by atoms with Gasteiger partial charge in [-0.05, 0) is 24.1 Å². The van der Waals surface area contributed by atoms with Crippen LogP contribution >= 0.6 is 23.2 Å². The van der Waals surface area contributed by atoms with Crippen molar-refractivity contribution in [2.75, 3.05) is 6.54 Å². The van der Waals surface area contributed by atoms with Gasteiger partial charge in [0.1, 0.15) is 0 Å². The smallest absolute Gasteiger partial charge is 0.0637 e. The Morgan fingerprint density at radius 1 is 1.29 bits per heavy atom. The molecule has 0 radical (unpaired) electrons. The Bertz CT molecular complexity index is 297. The number of hydrogen-bond donors (Lipinski definition) is 1. The highest BCUT2D eigenvalue weighted by atomic mass is 35.5. The molecule has 0 aliphatic heterocycles. The summed E-state index contributed by atoms with van der Waals surface area (Å²) in [4.78, 5) is 0. The van der Waals surface area contributed by atoms with E-state index < -0.39 is 0 Å². The predicted molar refractivity (Wildman–Crippen MR) is 63.0 cm³/mol. The van der Waals surface area contributed by atoms with Crippen LogP contribution in [-0.2, 0) is 6.54 Å². The van der Waals surface area contributed by atoms with Crippen LogP contribution in [0.1, 0.15) is 19.4 Å². The molecule has 0 aromatic heterocycles. The molecule has 0 saturated heterocycles. The van der Waals surface area contributed by atoms with E-state index in [4.69, 9.17) is 23.2 Å². The van der Waals surface area contributed by atoms with Crippen LogP contribution in [0.4, 0.5) is 0 Å². The van der Waals surface area contributed by atoms with E-state index in [-0.39, 0.29) is 0 Å². The van der Waals surface area contributed by atoms with Crippen LogP contribution in [0.15, 0.2) is 18.2 Å². The molecule has 14 heavy (non-hydrogen) atoms. The van der Waals surface area contributed by atoms with Crippen molar-refractivity contribution in [3.05, 3.63) is 33.8 Å². The van der Waals surface area contributed by atoms with Crippen molar-refractivity contribution in [2.24, 2.45) is 5.92 Å². The van der Waals surface area contributed by atoms with Crippen molar-refractivity contribution >= 4 is 23.2 Å². The van der Waals surface area contributed by atoms with Gasteiger partial charge >= 0.3 is 0 Å². The molecule has 0 aliphatic rings. The van der Waals surface area contributed by atoms with Gasteiger partial charge in [-0.25, -0.2) is 0 Å². The quantitative estimate of drug-likeness (QED) is 0.833. The van der Waals surface area contributed by atoms with Crippen LogP contribution in [0.3, 0.4) is 0 Å². The fraction of sp³-hybridized carbons (Fsp3) is 0.455. The molecule has 3 heteroatoms. The zero-order chi connectivity index (χ0) is 10.6. The van der Waals surface area contributed by atoms with E-state index in [1.54, 1.807) is 6.07 Å². The van der Waals surface area contributed by atoms with Crippen molar-refractivity contribution in [1.29, 1.82) is 0 Å². The first-order valence-electron chi connectivity index (χ1n) is 4.75. The van der Waals surface area contributed by atoms with E-state index in [1.807, 2.05) is 12.1 Å². The standard InChI is InChI=1S/C11H15Cl2N/c1-8(2)6-14-7-9-4-3-5-10(12)11(9)13/h3-5,8,14H,6-7H2,1-2H3. The molecule has 1 aromatic carbocycles. The molecule has 0 saturated carbocycles. The molecule has 0 heterocycles. The van der Waals surface area contributed by atoms with Gasteiger partial charge in [0.15, 0.2) is 0 Å². The summed E-state index contributed by atoms with van der Waals surface area (Å²) in [5.41, 5.74) is 1.06. The van der Waals surface area contributed by atoms with E-state index in [2.05, 4.69) is 19.2 Å². The third-order valence-electron chi connectivity index (χ3n) is 1.90. The van der Waals surface area contributed by atoms with Crippen molar-refractivity contribution < 1.29 is 0 Å². The van der Waals surface area contributed by atoms with Gasteiger partial charge in [-0.2, -0.15) is 0 Å². The normalized spacial score (nSPS) is 10.9. The van der Waals surface area contributed by atoms with Crippen molar-refractivity contribution in [3.63, 3.8) is 0 Å². The van der Waals surface area contributed by atoms with Crippen LogP contribution in [0.2, 0.25) is 10.0 Å². The molecule has 0 unspecified atom stereocenters. The lowest BCUT2D eigenvalue weighted by atomic mass is 10.2. The van der Waals surface area contributed by atoms with E-state index >= 15 is 0 Å². The van der Waals surface area contributed by atoms with Gasteiger partial charge in [0, 0.05) is 6.54 Å². The Morgan fingerprint density at radius 2 is 2.00 bits per heavy atom. The Kier molecular flexibility index (Phi) is 4.73. The first-order valence-corrected chi connectivity index (χ1v) is 5.50. The van der Waals surface area contributed by atoms with Crippen LogP contribution in [-0.4, -0.2) is 6.54 Å².